The molecule has 1 aromatic rings. The summed E-state index contributed by atoms with van der Waals surface area (Å²) >= 11 is 1.94. The van der Waals surface area contributed by atoms with Crippen molar-refractivity contribution < 1.29 is 0 Å². The van der Waals surface area contributed by atoms with Crippen LogP contribution in [0, 0.1) is 0 Å². The molecule has 1 aliphatic heterocycles. The normalized spacial score (nSPS) is 21.3. The summed E-state index contributed by atoms with van der Waals surface area (Å²) in [6.07, 6.45) is 9.32. The summed E-state index contributed by atoms with van der Waals surface area (Å²) in [5, 5.41) is 4.95. The van der Waals surface area contributed by atoms with E-state index in [1.54, 1.807) is 0 Å². The topological polar surface area (TPSA) is 28.2 Å². The van der Waals surface area contributed by atoms with E-state index in [-0.39, 0.29) is 0 Å². The molecule has 0 radical (unpaired) electrons. The second-order valence-electron chi connectivity index (χ2n) is 6.67. The highest BCUT2D eigenvalue weighted by atomic mass is 32.1. The molecular weight excluding hydrogens is 278 g/mol. The molecule has 1 saturated heterocycles. The van der Waals surface area contributed by atoms with Gasteiger partial charge in [0.2, 0.25) is 0 Å². The quantitative estimate of drug-likeness (QED) is 0.850. The van der Waals surface area contributed by atoms with Crippen LogP contribution in [0.2, 0.25) is 0 Å². The van der Waals surface area contributed by atoms with Crippen LogP contribution in [-0.2, 0) is 6.54 Å². The Morgan fingerprint density at radius 2 is 1.95 bits per heavy atom. The number of nitrogens with one attached hydrogen (secondary N) is 1. The first kappa shape index (κ1) is 15.3. The van der Waals surface area contributed by atoms with Crippen molar-refractivity contribution in [1.82, 2.24) is 10.3 Å². The minimum Gasteiger partial charge on any atom is -0.348 e. The van der Waals surface area contributed by atoms with Gasteiger partial charge >= 0.3 is 0 Å². The molecule has 2 heterocycles. The standard InChI is InChI=1S/C17H29N3S/c1-3-13(2)16-15(12-18-14-8-9-14)21-17(19-16)20-10-6-4-5-7-11-20/h13-14,18H,3-12H2,1-2H3. The van der Waals surface area contributed by atoms with E-state index in [0.717, 1.165) is 12.6 Å². The van der Waals surface area contributed by atoms with Crippen molar-refractivity contribution in [3.63, 3.8) is 0 Å². The van der Waals surface area contributed by atoms with Gasteiger partial charge < -0.3 is 10.2 Å². The first-order valence-corrected chi connectivity index (χ1v) is 9.57. The maximum absolute atomic E-state index is 5.05. The summed E-state index contributed by atoms with van der Waals surface area (Å²) in [4.78, 5) is 9.06. The van der Waals surface area contributed by atoms with Crippen molar-refractivity contribution in [3.8, 4) is 0 Å². The molecule has 1 saturated carbocycles. The average Bonchev–Trinajstić information content (AvgIpc) is 3.29. The van der Waals surface area contributed by atoms with Crippen molar-refractivity contribution in [2.45, 2.75) is 77.3 Å². The molecule has 1 atom stereocenters. The van der Waals surface area contributed by atoms with E-state index in [0.29, 0.717) is 5.92 Å². The van der Waals surface area contributed by atoms with Crippen LogP contribution < -0.4 is 10.2 Å². The molecule has 1 aliphatic carbocycles. The molecule has 118 valence electrons. The monoisotopic (exact) mass is 307 g/mol. The van der Waals surface area contributed by atoms with Crippen LogP contribution in [0.4, 0.5) is 5.13 Å². The van der Waals surface area contributed by atoms with E-state index in [1.165, 1.54) is 73.7 Å². The van der Waals surface area contributed by atoms with Crippen LogP contribution in [0.3, 0.4) is 0 Å². The Labute approximate surface area is 133 Å². The highest BCUT2D eigenvalue weighted by molar-refractivity contribution is 7.15. The fourth-order valence-electron chi connectivity index (χ4n) is 2.98. The average molecular weight is 308 g/mol. The highest BCUT2D eigenvalue weighted by Crippen LogP contribution is 2.33. The molecule has 2 fully saturated rings. The fourth-order valence-corrected chi connectivity index (χ4v) is 4.16. The van der Waals surface area contributed by atoms with Crippen LogP contribution in [0.1, 0.15) is 75.3 Å². The lowest BCUT2D eigenvalue weighted by molar-refractivity contribution is 0.660. The predicted octanol–water partition coefficient (Wildman–Crippen LogP) is 4.29. The van der Waals surface area contributed by atoms with Crippen LogP contribution in [-0.4, -0.2) is 24.1 Å². The number of rotatable bonds is 6. The van der Waals surface area contributed by atoms with Gasteiger partial charge in [0.05, 0.1) is 5.69 Å². The molecule has 21 heavy (non-hydrogen) atoms. The third-order valence-electron chi connectivity index (χ3n) is 4.80. The second-order valence-corrected chi connectivity index (χ2v) is 7.73. The first-order chi connectivity index (χ1) is 10.3. The lowest BCUT2D eigenvalue weighted by Gasteiger charge is -2.18. The molecule has 2 aliphatic rings. The Morgan fingerprint density at radius 1 is 1.24 bits per heavy atom. The number of nitrogens with zero attached hydrogens (tertiary/aromatic N) is 2. The zero-order chi connectivity index (χ0) is 14.7. The van der Waals surface area contributed by atoms with Crippen LogP contribution in [0.5, 0.6) is 0 Å². The summed E-state index contributed by atoms with van der Waals surface area (Å²) in [7, 11) is 0. The second kappa shape index (κ2) is 7.10. The van der Waals surface area contributed by atoms with Gasteiger partial charge in [-0.25, -0.2) is 4.98 Å². The van der Waals surface area contributed by atoms with E-state index in [4.69, 9.17) is 4.98 Å². The Balaban J connectivity index is 1.75. The predicted molar refractivity (Wildman–Crippen MR) is 91.4 cm³/mol. The Hall–Kier alpha value is -0.610. The fraction of sp³-hybridized carbons (Fsp3) is 0.824. The van der Waals surface area contributed by atoms with Gasteiger partial charge in [0, 0.05) is 30.6 Å². The molecule has 1 N–H and O–H groups in total. The first-order valence-electron chi connectivity index (χ1n) is 8.76. The smallest absolute Gasteiger partial charge is 0.185 e. The van der Waals surface area contributed by atoms with Gasteiger partial charge in [0.25, 0.3) is 0 Å². The molecule has 3 rings (SSSR count). The lowest BCUT2D eigenvalue weighted by Crippen LogP contribution is -2.23. The van der Waals surface area contributed by atoms with Crippen molar-refractivity contribution >= 4 is 16.5 Å². The number of hydrogen-bond donors (Lipinski definition) is 1. The van der Waals surface area contributed by atoms with Crippen LogP contribution in [0.25, 0.3) is 0 Å². The van der Waals surface area contributed by atoms with E-state index >= 15 is 0 Å². The van der Waals surface area contributed by atoms with Crippen molar-refractivity contribution in [2.24, 2.45) is 0 Å². The van der Waals surface area contributed by atoms with Gasteiger partial charge in [-0.15, -0.1) is 11.3 Å². The van der Waals surface area contributed by atoms with Crippen LogP contribution >= 0.6 is 11.3 Å². The van der Waals surface area contributed by atoms with E-state index < -0.39 is 0 Å². The van der Waals surface area contributed by atoms with Crippen molar-refractivity contribution in [3.05, 3.63) is 10.6 Å². The van der Waals surface area contributed by atoms with Gasteiger partial charge in [-0.05, 0) is 38.0 Å². The van der Waals surface area contributed by atoms with E-state index in [9.17, 15) is 0 Å². The van der Waals surface area contributed by atoms with Crippen molar-refractivity contribution in [2.75, 3.05) is 18.0 Å². The molecule has 0 spiro atoms. The van der Waals surface area contributed by atoms with Crippen LogP contribution in [0.15, 0.2) is 0 Å². The molecule has 3 nitrogen and oxygen atoms in total. The Bertz CT molecular complexity index is 445. The molecule has 1 unspecified atom stereocenters. The number of hydrogen-bond acceptors (Lipinski definition) is 4. The van der Waals surface area contributed by atoms with Gasteiger partial charge in [-0.1, -0.05) is 26.7 Å². The lowest BCUT2D eigenvalue weighted by atomic mass is 10.0. The zero-order valence-electron chi connectivity index (χ0n) is 13.5. The van der Waals surface area contributed by atoms with Crippen molar-refractivity contribution in [1.29, 1.82) is 0 Å². The third kappa shape index (κ3) is 3.98. The summed E-state index contributed by atoms with van der Waals surface area (Å²) < 4.78 is 0. The maximum atomic E-state index is 5.05. The molecule has 1 aromatic heterocycles. The van der Waals surface area contributed by atoms with Gasteiger partial charge in [-0.2, -0.15) is 0 Å². The molecule has 0 bridgehead atoms. The zero-order valence-corrected chi connectivity index (χ0v) is 14.3. The number of anilines is 1. The minimum absolute atomic E-state index is 0.581. The third-order valence-corrected chi connectivity index (χ3v) is 5.93. The molecule has 4 heteroatoms. The van der Waals surface area contributed by atoms with E-state index in [2.05, 4.69) is 24.1 Å². The summed E-state index contributed by atoms with van der Waals surface area (Å²) in [5.41, 5.74) is 1.36. The Kier molecular flexibility index (Phi) is 5.17. The number of thiazole rings is 1. The number of aromatic nitrogens is 1. The summed E-state index contributed by atoms with van der Waals surface area (Å²) in [6, 6.07) is 0.776. The van der Waals surface area contributed by atoms with Gasteiger partial charge in [0.15, 0.2) is 5.13 Å². The molecule has 0 aromatic carbocycles. The highest BCUT2D eigenvalue weighted by Gasteiger charge is 2.24. The van der Waals surface area contributed by atoms with Gasteiger partial charge in [0.1, 0.15) is 0 Å². The molecular formula is C17H29N3S. The summed E-state index contributed by atoms with van der Waals surface area (Å²) in [6.45, 7) is 8.01. The van der Waals surface area contributed by atoms with Gasteiger partial charge in [-0.3, -0.25) is 0 Å². The summed E-state index contributed by atoms with van der Waals surface area (Å²) in [5.74, 6) is 0.581. The van der Waals surface area contributed by atoms with E-state index in [1.807, 2.05) is 11.3 Å². The minimum atomic E-state index is 0.581. The SMILES string of the molecule is CCC(C)c1nc(N2CCCCCC2)sc1CNC1CC1. The maximum Gasteiger partial charge on any atom is 0.185 e. The molecule has 0 amide bonds. The Morgan fingerprint density at radius 3 is 2.57 bits per heavy atom. The largest absolute Gasteiger partial charge is 0.348 e.